The van der Waals surface area contributed by atoms with Crippen LogP contribution in [0.3, 0.4) is 0 Å². The van der Waals surface area contributed by atoms with E-state index in [1.807, 2.05) is 0 Å². The lowest BCUT2D eigenvalue weighted by molar-refractivity contribution is 0.146. The fourth-order valence-electron chi connectivity index (χ4n) is 1.22. The van der Waals surface area contributed by atoms with Crippen LogP contribution >= 0.6 is 12.6 Å². The normalized spacial score (nSPS) is 11.3. The molecule has 0 unspecified atom stereocenters. The van der Waals surface area contributed by atoms with Crippen molar-refractivity contribution in [3.8, 4) is 11.4 Å². The highest BCUT2D eigenvalue weighted by molar-refractivity contribution is 7.80. The molecule has 2 aromatic heterocycles. The molecule has 15 heavy (non-hydrogen) atoms. The summed E-state index contributed by atoms with van der Waals surface area (Å²) in [5.74, 6) is 0.239. The third kappa shape index (κ3) is 1.84. The van der Waals surface area contributed by atoms with Crippen LogP contribution in [0, 0.1) is 0 Å². The second-order valence-corrected chi connectivity index (χ2v) is 3.32. The smallest absolute Gasteiger partial charge is 0.282 e. The largest absolute Gasteiger partial charge is 0.316 e. The van der Waals surface area contributed by atoms with Crippen molar-refractivity contribution in [1.82, 2.24) is 25.0 Å². The monoisotopic (exact) mass is 231 g/mol. The van der Waals surface area contributed by atoms with Gasteiger partial charge in [0.2, 0.25) is 0 Å². The van der Waals surface area contributed by atoms with Crippen molar-refractivity contribution in [2.75, 3.05) is 0 Å². The van der Waals surface area contributed by atoms with E-state index < -0.39 is 6.43 Å². The van der Waals surface area contributed by atoms with Gasteiger partial charge in [-0.1, -0.05) is 0 Å². The standard InChI is InChI=1S/C7H7F2N5S/c1-14-2-3(4(13-14)5(8)9)6-10-7(15)12-11-6/h2,5H,1H3,(H2,10,11,12,15). The highest BCUT2D eigenvalue weighted by Crippen LogP contribution is 2.27. The van der Waals surface area contributed by atoms with Crippen molar-refractivity contribution in [1.29, 1.82) is 0 Å². The van der Waals surface area contributed by atoms with Crippen molar-refractivity contribution in [2.45, 2.75) is 11.6 Å². The molecule has 1 N–H and O–H groups in total. The number of aryl methyl sites for hydroxylation is 1. The maximum absolute atomic E-state index is 12.6. The van der Waals surface area contributed by atoms with E-state index in [1.165, 1.54) is 10.9 Å². The average Bonchev–Trinajstić information content (AvgIpc) is 2.71. The maximum atomic E-state index is 12.6. The van der Waals surface area contributed by atoms with Crippen molar-refractivity contribution >= 4 is 12.6 Å². The number of halogens is 2. The lowest BCUT2D eigenvalue weighted by atomic mass is 10.2. The second-order valence-electron chi connectivity index (χ2n) is 2.90. The van der Waals surface area contributed by atoms with Crippen LogP contribution in [0.1, 0.15) is 12.1 Å². The van der Waals surface area contributed by atoms with Gasteiger partial charge in [-0.25, -0.2) is 8.78 Å². The van der Waals surface area contributed by atoms with Gasteiger partial charge in [0.15, 0.2) is 11.0 Å². The van der Waals surface area contributed by atoms with Crippen molar-refractivity contribution in [3.63, 3.8) is 0 Å². The molecule has 0 aliphatic rings. The van der Waals surface area contributed by atoms with E-state index >= 15 is 0 Å². The van der Waals surface area contributed by atoms with Gasteiger partial charge in [0.1, 0.15) is 5.69 Å². The molecule has 5 nitrogen and oxygen atoms in total. The summed E-state index contributed by atoms with van der Waals surface area (Å²) in [6.07, 6.45) is -1.19. The zero-order chi connectivity index (χ0) is 11.0. The van der Waals surface area contributed by atoms with Gasteiger partial charge in [-0.3, -0.25) is 4.68 Å². The van der Waals surface area contributed by atoms with E-state index in [0.717, 1.165) is 0 Å². The first-order valence-electron chi connectivity index (χ1n) is 4.01. The minimum atomic E-state index is -2.64. The molecule has 0 radical (unpaired) electrons. The predicted molar refractivity (Wildman–Crippen MR) is 50.8 cm³/mol. The molecule has 0 aromatic carbocycles. The van der Waals surface area contributed by atoms with E-state index in [1.54, 1.807) is 7.05 Å². The minimum Gasteiger partial charge on any atom is -0.316 e. The van der Waals surface area contributed by atoms with Crippen molar-refractivity contribution < 1.29 is 8.78 Å². The molecule has 2 rings (SSSR count). The van der Waals surface area contributed by atoms with E-state index in [2.05, 4.69) is 32.9 Å². The number of nitrogens with one attached hydrogen (secondary N) is 1. The van der Waals surface area contributed by atoms with Crippen LogP contribution in [0.5, 0.6) is 0 Å². The molecular weight excluding hydrogens is 224 g/mol. The van der Waals surface area contributed by atoms with Gasteiger partial charge in [0.25, 0.3) is 6.43 Å². The Kier molecular flexibility index (Phi) is 2.43. The number of nitrogens with zero attached hydrogens (tertiary/aromatic N) is 4. The molecule has 0 amide bonds. The summed E-state index contributed by atoms with van der Waals surface area (Å²) in [4.78, 5) is 2.66. The molecule has 0 saturated heterocycles. The summed E-state index contributed by atoms with van der Waals surface area (Å²) < 4.78 is 26.5. The van der Waals surface area contributed by atoms with Gasteiger partial charge in [0, 0.05) is 13.2 Å². The number of alkyl halides is 2. The molecular formula is C7H7F2N5S. The molecule has 0 aliphatic carbocycles. The SMILES string of the molecule is Cn1cc(-c2nnc(S)[nH]2)c(C(F)F)n1. The third-order valence-corrected chi connectivity index (χ3v) is 2.00. The number of H-pyrrole nitrogens is 1. The number of aromatic nitrogens is 5. The Bertz CT molecular complexity index is 477. The van der Waals surface area contributed by atoms with Crippen LogP contribution in [-0.2, 0) is 7.05 Å². The molecule has 0 atom stereocenters. The van der Waals surface area contributed by atoms with Crippen LogP contribution < -0.4 is 0 Å². The van der Waals surface area contributed by atoms with Crippen molar-refractivity contribution in [2.24, 2.45) is 7.05 Å². The Balaban J connectivity index is 2.52. The highest BCUT2D eigenvalue weighted by atomic mass is 32.1. The van der Waals surface area contributed by atoms with Gasteiger partial charge in [0.05, 0.1) is 5.56 Å². The van der Waals surface area contributed by atoms with Gasteiger partial charge in [-0.2, -0.15) is 5.10 Å². The fraction of sp³-hybridized carbons (Fsp3) is 0.286. The first-order valence-corrected chi connectivity index (χ1v) is 4.46. The molecule has 80 valence electrons. The van der Waals surface area contributed by atoms with E-state index in [9.17, 15) is 8.78 Å². The van der Waals surface area contributed by atoms with Gasteiger partial charge < -0.3 is 4.98 Å². The van der Waals surface area contributed by atoms with Crippen LogP contribution in [0.2, 0.25) is 0 Å². The number of hydrogen-bond acceptors (Lipinski definition) is 4. The third-order valence-electron chi connectivity index (χ3n) is 1.79. The first-order chi connectivity index (χ1) is 7.08. The topological polar surface area (TPSA) is 59.4 Å². The van der Waals surface area contributed by atoms with Gasteiger partial charge >= 0.3 is 0 Å². The Labute approximate surface area is 88.9 Å². The summed E-state index contributed by atoms with van der Waals surface area (Å²) in [6.45, 7) is 0. The Morgan fingerprint density at radius 1 is 1.47 bits per heavy atom. The molecule has 8 heteroatoms. The molecule has 0 bridgehead atoms. The fourth-order valence-corrected chi connectivity index (χ4v) is 1.37. The summed E-state index contributed by atoms with van der Waals surface area (Å²) in [5, 5.41) is 11.2. The lowest BCUT2D eigenvalue weighted by Gasteiger charge is -1.95. The predicted octanol–water partition coefficient (Wildman–Crippen LogP) is 1.43. The summed E-state index contributed by atoms with van der Waals surface area (Å²) in [6, 6.07) is 0. The maximum Gasteiger partial charge on any atom is 0.282 e. The number of thiol groups is 1. The Morgan fingerprint density at radius 2 is 2.20 bits per heavy atom. The van der Waals surface area contributed by atoms with Crippen LogP contribution in [-0.4, -0.2) is 25.0 Å². The van der Waals surface area contributed by atoms with Crippen LogP contribution in [0.15, 0.2) is 11.4 Å². The molecule has 2 aromatic rings. The first kappa shape index (κ1) is 10.1. The summed E-state index contributed by atoms with van der Waals surface area (Å²) in [5.41, 5.74) is -0.0812. The van der Waals surface area contributed by atoms with E-state index in [0.29, 0.717) is 0 Å². The van der Waals surface area contributed by atoms with Gasteiger partial charge in [-0.05, 0) is 0 Å². The zero-order valence-corrected chi connectivity index (χ0v) is 8.54. The summed E-state index contributed by atoms with van der Waals surface area (Å²) in [7, 11) is 1.56. The van der Waals surface area contributed by atoms with Gasteiger partial charge in [-0.15, -0.1) is 22.8 Å². The molecule has 0 saturated carbocycles. The molecule has 2 heterocycles. The Morgan fingerprint density at radius 3 is 2.73 bits per heavy atom. The van der Waals surface area contributed by atoms with E-state index in [-0.39, 0.29) is 22.2 Å². The molecule has 0 aliphatic heterocycles. The lowest BCUT2D eigenvalue weighted by Crippen LogP contribution is -1.92. The number of aromatic amines is 1. The molecule has 0 fully saturated rings. The average molecular weight is 231 g/mol. The zero-order valence-electron chi connectivity index (χ0n) is 7.65. The van der Waals surface area contributed by atoms with Crippen LogP contribution in [0.25, 0.3) is 11.4 Å². The number of hydrogen-bond donors (Lipinski definition) is 2. The quantitative estimate of drug-likeness (QED) is 0.769. The summed E-state index contributed by atoms with van der Waals surface area (Å²) >= 11 is 3.90. The minimum absolute atomic E-state index is 0.236. The van der Waals surface area contributed by atoms with Crippen LogP contribution in [0.4, 0.5) is 8.78 Å². The Hall–Kier alpha value is -1.44. The van der Waals surface area contributed by atoms with Crippen molar-refractivity contribution in [3.05, 3.63) is 11.9 Å². The second kappa shape index (κ2) is 3.61. The van der Waals surface area contributed by atoms with E-state index in [4.69, 9.17) is 0 Å². The molecule has 0 spiro atoms. The highest BCUT2D eigenvalue weighted by Gasteiger charge is 2.20. The number of rotatable bonds is 2.